The molecule has 0 radical (unpaired) electrons. The second-order valence-electron chi connectivity index (χ2n) is 4.42. The molecule has 1 aliphatic rings. The van der Waals surface area contributed by atoms with Gasteiger partial charge in [0.05, 0.1) is 6.04 Å². The van der Waals surface area contributed by atoms with Crippen molar-refractivity contribution >= 4 is 12.0 Å². The predicted molar refractivity (Wildman–Crippen MR) is 50.8 cm³/mol. The third kappa shape index (κ3) is 2.61. The van der Waals surface area contributed by atoms with Crippen LogP contribution in [0.3, 0.4) is 0 Å². The third-order valence-electron chi connectivity index (χ3n) is 1.82. The highest BCUT2D eigenvalue weighted by molar-refractivity contribution is 5.92. The summed E-state index contributed by atoms with van der Waals surface area (Å²) in [6.45, 7) is 7.15. The van der Waals surface area contributed by atoms with Crippen molar-refractivity contribution in [2.75, 3.05) is 0 Å². The van der Waals surface area contributed by atoms with E-state index in [0.29, 0.717) is 0 Å². The van der Waals surface area contributed by atoms with Crippen LogP contribution in [0.25, 0.3) is 0 Å². The summed E-state index contributed by atoms with van der Waals surface area (Å²) in [6, 6.07) is -0.472. The van der Waals surface area contributed by atoms with Crippen LogP contribution in [0.4, 0.5) is 4.79 Å². The Kier molecular flexibility index (Phi) is 2.69. The number of amides is 2. The van der Waals surface area contributed by atoms with E-state index in [4.69, 9.17) is 4.74 Å². The van der Waals surface area contributed by atoms with E-state index in [1.165, 1.54) is 0 Å². The van der Waals surface area contributed by atoms with Crippen LogP contribution < -0.4 is 10.6 Å². The largest absolute Gasteiger partial charge is 0.444 e. The number of ether oxygens (including phenoxy) is 1. The molecule has 2 atom stereocenters. The zero-order valence-corrected chi connectivity index (χ0v) is 8.88. The van der Waals surface area contributed by atoms with E-state index < -0.39 is 17.7 Å². The van der Waals surface area contributed by atoms with Crippen molar-refractivity contribution < 1.29 is 14.3 Å². The van der Waals surface area contributed by atoms with Gasteiger partial charge in [0.2, 0.25) is 5.91 Å². The average molecular weight is 200 g/mol. The fourth-order valence-corrected chi connectivity index (χ4v) is 1.15. The lowest BCUT2D eigenvalue weighted by atomic mass is 10.0. The number of β-lactam (4-membered cyclic amide) rings is 1. The highest BCUT2D eigenvalue weighted by Gasteiger charge is 2.37. The Morgan fingerprint density at radius 2 is 2.07 bits per heavy atom. The Hall–Kier alpha value is -1.26. The van der Waals surface area contributed by atoms with Crippen LogP contribution in [0.15, 0.2) is 0 Å². The normalized spacial score (nSPS) is 26.1. The van der Waals surface area contributed by atoms with Crippen molar-refractivity contribution in [2.45, 2.75) is 45.4 Å². The molecular weight excluding hydrogens is 184 g/mol. The first-order valence-electron chi connectivity index (χ1n) is 4.59. The first-order valence-corrected chi connectivity index (χ1v) is 4.59. The predicted octanol–water partition coefficient (Wildman–Crippen LogP) is 0.398. The van der Waals surface area contributed by atoms with E-state index in [1.807, 2.05) is 6.92 Å². The molecular formula is C9H16N2O3. The summed E-state index contributed by atoms with van der Waals surface area (Å²) < 4.78 is 5.01. The Bertz CT molecular complexity index is 257. The molecule has 0 aliphatic carbocycles. The molecule has 1 fully saturated rings. The van der Waals surface area contributed by atoms with Crippen LogP contribution >= 0.6 is 0 Å². The first-order chi connectivity index (χ1) is 6.29. The standard InChI is InChI=1S/C9H16N2O3/c1-5-6(7(12)10-5)11-8(13)14-9(2,3)4/h5-6H,1-4H3,(H,10,12)(H,11,13)/t5-,6+/m0/s1. The van der Waals surface area contributed by atoms with Crippen LogP contribution in [-0.4, -0.2) is 29.7 Å². The Labute approximate surface area is 83.2 Å². The number of hydrogen-bond donors (Lipinski definition) is 2. The van der Waals surface area contributed by atoms with Crippen LogP contribution in [0.1, 0.15) is 27.7 Å². The van der Waals surface area contributed by atoms with Crippen molar-refractivity contribution in [1.82, 2.24) is 10.6 Å². The first kappa shape index (κ1) is 10.8. The van der Waals surface area contributed by atoms with Gasteiger partial charge >= 0.3 is 6.09 Å². The van der Waals surface area contributed by atoms with E-state index in [9.17, 15) is 9.59 Å². The minimum Gasteiger partial charge on any atom is -0.444 e. The molecule has 0 unspecified atom stereocenters. The molecule has 1 saturated heterocycles. The third-order valence-corrected chi connectivity index (χ3v) is 1.82. The van der Waals surface area contributed by atoms with Crippen molar-refractivity contribution in [3.05, 3.63) is 0 Å². The molecule has 1 rings (SSSR count). The summed E-state index contributed by atoms with van der Waals surface area (Å²) in [5, 5.41) is 5.11. The lowest BCUT2D eigenvalue weighted by molar-refractivity contribution is -0.131. The Morgan fingerprint density at radius 3 is 2.43 bits per heavy atom. The summed E-state index contributed by atoms with van der Waals surface area (Å²) >= 11 is 0. The zero-order valence-electron chi connectivity index (χ0n) is 8.88. The van der Waals surface area contributed by atoms with Gasteiger partial charge in [-0.05, 0) is 27.7 Å². The van der Waals surface area contributed by atoms with E-state index in [0.717, 1.165) is 0 Å². The van der Waals surface area contributed by atoms with Gasteiger partial charge in [-0.2, -0.15) is 0 Å². The fourth-order valence-electron chi connectivity index (χ4n) is 1.15. The van der Waals surface area contributed by atoms with Crippen LogP contribution in [-0.2, 0) is 9.53 Å². The van der Waals surface area contributed by atoms with Gasteiger partial charge in [0.25, 0.3) is 0 Å². The molecule has 0 saturated carbocycles. The van der Waals surface area contributed by atoms with E-state index in [2.05, 4.69) is 10.6 Å². The van der Waals surface area contributed by atoms with Gasteiger partial charge in [-0.25, -0.2) is 4.79 Å². The minimum absolute atomic E-state index is 0.0185. The number of rotatable bonds is 1. The summed E-state index contributed by atoms with van der Waals surface area (Å²) in [6.07, 6.45) is -0.552. The van der Waals surface area contributed by atoms with Gasteiger partial charge in [0.1, 0.15) is 11.6 Å². The smallest absolute Gasteiger partial charge is 0.408 e. The molecule has 80 valence electrons. The van der Waals surface area contributed by atoms with Gasteiger partial charge < -0.3 is 15.4 Å². The van der Waals surface area contributed by atoms with E-state index in [-0.39, 0.29) is 11.9 Å². The second kappa shape index (κ2) is 3.48. The van der Waals surface area contributed by atoms with Gasteiger partial charge in [-0.15, -0.1) is 0 Å². The molecule has 0 aromatic heterocycles. The van der Waals surface area contributed by atoms with Crippen LogP contribution in [0.5, 0.6) is 0 Å². The van der Waals surface area contributed by atoms with Gasteiger partial charge in [-0.1, -0.05) is 0 Å². The van der Waals surface area contributed by atoms with Crippen molar-refractivity contribution in [3.63, 3.8) is 0 Å². The summed E-state index contributed by atoms with van der Waals surface area (Å²) in [5.41, 5.74) is -0.534. The molecule has 0 bridgehead atoms. The van der Waals surface area contributed by atoms with Gasteiger partial charge in [0, 0.05) is 0 Å². The lowest BCUT2D eigenvalue weighted by Gasteiger charge is -2.34. The quantitative estimate of drug-likeness (QED) is 0.602. The average Bonchev–Trinajstić information content (AvgIpc) is 1.98. The van der Waals surface area contributed by atoms with E-state index in [1.54, 1.807) is 20.8 Å². The van der Waals surface area contributed by atoms with E-state index >= 15 is 0 Å². The molecule has 14 heavy (non-hydrogen) atoms. The van der Waals surface area contributed by atoms with Gasteiger partial charge in [-0.3, -0.25) is 4.79 Å². The Balaban J connectivity index is 2.38. The molecule has 2 N–H and O–H groups in total. The monoisotopic (exact) mass is 200 g/mol. The molecule has 1 aliphatic heterocycles. The molecule has 0 spiro atoms. The van der Waals surface area contributed by atoms with Crippen LogP contribution in [0.2, 0.25) is 0 Å². The number of nitrogens with one attached hydrogen (secondary N) is 2. The molecule has 2 amide bonds. The van der Waals surface area contributed by atoms with Crippen LogP contribution in [0, 0.1) is 0 Å². The summed E-state index contributed by atoms with van der Waals surface area (Å²) in [7, 11) is 0. The maximum Gasteiger partial charge on any atom is 0.408 e. The summed E-state index contributed by atoms with van der Waals surface area (Å²) in [5.74, 6) is -0.164. The minimum atomic E-state index is -0.552. The SMILES string of the molecule is C[C@@H]1NC(=O)[C@@H]1NC(=O)OC(C)(C)C. The number of carbonyl (C=O) groups is 2. The number of hydrogen-bond acceptors (Lipinski definition) is 3. The maximum absolute atomic E-state index is 11.2. The zero-order chi connectivity index (χ0) is 10.9. The summed E-state index contributed by atoms with van der Waals surface area (Å²) in [4.78, 5) is 22.2. The highest BCUT2D eigenvalue weighted by Crippen LogP contribution is 2.09. The molecule has 5 heteroatoms. The molecule has 0 aromatic carbocycles. The topological polar surface area (TPSA) is 67.4 Å². The van der Waals surface area contributed by atoms with Gasteiger partial charge in [0.15, 0.2) is 0 Å². The Morgan fingerprint density at radius 1 is 1.50 bits per heavy atom. The lowest BCUT2D eigenvalue weighted by Crippen LogP contribution is -2.68. The maximum atomic E-state index is 11.2. The number of carbonyl (C=O) groups excluding carboxylic acids is 2. The molecule has 0 aromatic rings. The van der Waals surface area contributed by atoms with Crippen molar-refractivity contribution in [1.29, 1.82) is 0 Å². The van der Waals surface area contributed by atoms with Crippen molar-refractivity contribution in [3.8, 4) is 0 Å². The molecule has 5 nitrogen and oxygen atoms in total. The molecule has 1 heterocycles. The fraction of sp³-hybridized carbons (Fsp3) is 0.778. The number of alkyl carbamates (subject to hydrolysis) is 1. The second-order valence-corrected chi connectivity index (χ2v) is 4.42. The highest BCUT2D eigenvalue weighted by atomic mass is 16.6. The van der Waals surface area contributed by atoms with Crippen molar-refractivity contribution in [2.24, 2.45) is 0 Å².